The van der Waals surface area contributed by atoms with Gasteiger partial charge in [0, 0.05) is 11.8 Å². The van der Waals surface area contributed by atoms with Crippen molar-refractivity contribution in [1.29, 1.82) is 0 Å². The number of aromatic nitrogens is 2. The van der Waals surface area contributed by atoms with Crippen LogP contribution in [0.3, 0.4) is 0 Å². The van der Waals surface area contributed by atoms with Gasteiger partial charge in [-0.05, 0) is 24.3 Å². The first-order valence-electron chi connectivity index (χ1n) is 9.67. The second-order valence-electron chi connectivity index (χ2n) is 6.72. The summed E-state index contributed by atoms with van der Waals surface area (Å²) in [4.78, 5) is 20.6. The van der Waals surface area contributed by atoms with Gasteiger partial charge >= 0.3 is 5.97 Å². The molecule has 4 rings (SSSR count). The monoisotopic (exact) mass is 456 g/mol. The predicted molar refractivity (Wildman–Crippen MR) is 114 cm³/mol. The number of ether oxygens (including phenoxy) is 2. The van der Waals surface area contributed by atoms with Crippen molar-refractivity contribution in [3.63, 3.8) is 0 Å². The molecule has 32 heavy (non-hydrogen) atoms. The van der Waals surface area contributed by atoms with Crippen LogP contribution in [0.25, 0.3) is 21.9 Å². The van der Waals surface area contributed by atoms with Gasteiger partial charge in [0.1, 0.15) is 29.0 Å². The highest BCUT2D eigenvalue weighted by atomic mass is 32.1. The van der Waals surface area contributed by atoms with Gasteiger partial charge in [0.15, 0.2) is 11.7 Å². The Morgan fingerprint density at radius 3 is 2.69 bits per heavy atom. The van der Waals surface area contributed by atoms with E-state index in [0.717, 1.165) is 22.7 Å². The molecule has 0 radical (unpaired) electrons. The van der Waals surface area contributed by atoms with Crippen LogP contribution in [0.5, 0.6) is 5.75 Å². The fraction of sp³-hybridized carbons (Fsp3) is 0.174. The molecule has 0 atom stereocenters. The van der Waals surface area contributed by atoms with Crippen LogP contribution in [0.4, 0.5) is 8.78 Å². The number of methoxy groups -OCH3 is 1. The fourth-order valence-corrected chi connectivity index (χ4v) is 3.86. The first-order chi connectivity index (χ1) is 15.5. The number of carbonyl (C=O) groups excluding carboxylic acids is 1. The Bertz CT molecular complexity index is 1220. The third-order valence-electron chi connectivity index (χ3n) is 4.58. The number of oxazole rings is 1. The van der Waals surface area contributed by atoms with Gasteiger partial charge in [0.05, 0.1) is 36.5 Å². The summed E-state index contributed by atoms with van der Waals surface area (Å²) in [5.74, 6) is -1.09. The Kier molecular flexibility index (Phi) is 6.55. The number of hydrogen-bond donors (Lipinski definition) is 0. The van der Waals surface area contributed by atoms with Crippen LogP contribution in [0, 0.1) is 11.6 Å². The molecule has 2 heterocycles. The lowest BCUT2D eigenvalue weighted by Gasteiger charge is -2.04. The molecule has 6 nitrogen and oxygen atoms in total. The van der Waals surface area contributed by atoms with Crippen LogP contribution >= 0.6 is 11.3 Å². The van der Waals surface area contributed by atoms with E-state index in [1.807, 2.05) is 29.6 Å². The molecule has 0 aliphatic carbocycles. The van der Waals surface area contributed by atoms with E-state index in [2.05, 4.69) is 9.97 Å². The van der Waals surface area contributed by atoms with E-state index >= 15 is 0 Å². The van der Waals surface area contributed by atoms with Crippen molar-refractivity contribution in [2.24, 2.45) is 0 Å². The summed E-state index contributed by atoms with van der Waals surface area (Å²) in [6, 6.07) is 11.1. The minimum absolute atomic E-state index is 0.00318. The molecule has 0 fully saturated rings. The molecule has 0 saturated heterocycles. The van der Waals surface area contributed by atoms with E-state index in [-0.39, 0.29) is 36.7 Å². The maximum Gasteiger partial charge on any atom is 0.306 e. The minimum atomic E-state index is -0.747. The standard InChI is InChI=1S/C23H18F2N2O4S/c1-29-18-8-3-2-5-15(18)23-27-14(13-32-23)12-30-21(28)10-9-20-26-11-19(31-20)22-16(24)6-4-7-17(22)25/h2-8,11,13H,9-10,12H2,1H3. The summed E-state index contributed by atoms with van der Waals surface area (Å²) in [7, 11) is 1.60. The van der Waals surface area contributed by atoms with Gasteiger partial charge in [-0.3, -0.25) is 4.79 Å². The van der Waals surface area contributed by atoms with Crippen molar-refractivity contribution < 1.29 is 27.5 Å². The first kappa shape index (κ1) is 21.6. The number of benzene rings is 2. The largest absolute Gasteiger partial charge is 0.496 e. The van der Waals surface area contributed by atoms with Crippen LogP contribution in [0.15, 0.2) is 58.5 Å². The zero-order valence-electron chi connectivity index (χ0n) is 17.0. The van der Waals surface area contributed by atoms with Gasteiger partial charge in [-0.15, -0.1) is 11.3 Å². The van der Waals surface area contributed by atoms with Crippen LogP contribution in [0.2, 0.25) is 0 Å². The van der Waals surface area contributed by atoms with Gasteiger partial charge in [-0.1, -0.05) is 18.2 Å². The molecule has 9 heteroatoms. The van der Waals surface area contributed by atoms with Gasteiger partial charge in [-0.25, -0.2) is 18.7 Å². The maximum absolute atomic E-state index is 13.9. The van der Waals surface area contributed by atoms with Crippen molar-refractivity contribution in [3.05, 3.63) is 77.3 Å². The average molecular weight is 456 g/mol. The fourth-order valence-electron chi connectivity index (χ4n) is 3.03. The van der Waals surface area contributed by atoms with Gasteiger partial charge in [0.2, 0.25) is 0 Å². The minimum Gasteiger partial charge on any atom is -0.496 e. The number of carbonyl (C=O) groups is 1. The number of halogens is 2. The summed E-state index contributed by atoms with van der Waals surface area (Å²) in [5.41, 5.74) is 1.20. The Morgan fingerprint density at radius 1 is 1.12 bits per heavy atom. The number of aryl methyl sites for hydroxylation is 1. The van der Waals surface area contributed by atoms with Crippen LogP contribution in [0.1, 0.15) is 18.0 Å². The number of rotatable bonds is 8. The molecule has 0 amide bonds. The number of para-hydroxylation sites is 1. The van der Waals surface area contributed by atoms with Crippen LogP contribution < -0.4 is 4.74 Å². The highest BCUT2D eigenvalue weighted by Crippen LogP contribution is 2.32. The van der Waals surface area contributed by atoms with Crippen molar-refractivity contribution in [1.82, 2.24) is 9.97 Å². The Hall–Kier alpha value is -3.59. The summed E-state index contributed by atoms with van der Waals surface area (Å²) in [5, 5.41) is 2.58. The van der Waals surface area contributed by atoms with Crippen LogP contribution in [-0.2, 0) is 22.6 Å². The maximum atomic E-state index is 13.9. The quantitative estimate of drug-likeness (QED) is 0.329. The molecule has 0 N–H and O–H groups in total. The molecule has 0 aliphatic heterocycles. The predicted octanol–water partition coefficient (Wildman–Crippen LogP) is 5.43. The van der Waals surface area contributed by atoms with Gasteiger partial charge in [0.25, 0.3) is 0 Å². The van der Waals surface area contributed by atoms with E-state index in [1.54, 1.807) is 7.11 Å². The summed E-state index contributed by atoms with van der Waals surface area (Å²) < 4.78 is 43.7. The summed E-state index contributed by atoms with van der Waals surface area (Å²) in [6.07, 6.45) is 1.37. The first-order valence-corrected chi connectivity index (χ1v) is 10.6. The molecular weight excluding hydrogens is 438 g/mol. The second kappa shape index (κ2) is 9.69. The number of esters is 1. The average Bonchev–Trinajstić information content (AvgIpc) is 3.46. The van der Waals surface area contributed by atoms with Gasteiger partial charge < -0.3 is 13.9 Å². The Labute approximate surface area is 186 Å². The number of thiazole rings is 1. The molecule has 0 spiro atoms. The van der Waals surface area contributed by atoms with E-state index < -0.39 is 17.6 Å². The van der Waals surface area contributed by atoms with Crippen LogP contribution in [-0.4, -0.2) is 23.0 Å². The molecule has 2 aromatic heterocycles. The Morgan fingerprint density at radius 2 is 1.91 bits per heavy atom. The third kappa shape index (κ3) is 4.83. The normalized spacial score (nSPS) is 10.8. The molecule has 0 bridgehead atoms. The highest BCUT2D eigenvalue weighted by Gasteiger charge is 2.17. The van der Waals surface area contributed by atoms with E-state index in [9.17, 15) is 13.6 Å². The Balaban J connectivity index is 1.31. The molecule has 164 valence electrons. The molecule has 4 aromatic rings. The zero-order valence-corrected chi connectivity index (χ0v) is 17.8. The van der Waals surface area contributed by atoms with Crippen molar-refractivity contribution in [2.45, 2.75) is 19.4 Å². The van der Waals surface area contributed by atoms with Gasteiger partial charge in [-0.2, -0.15) is 0 Å². The van der Waals surface area contributed by atoms with Crippen molar-refractivity contribution >= 4 is 17.3 Å². The second-order valence-corrected chi connectivity index (χ2v) is 7.58. The number of hydrogen-bond acceptors (Lipinski definition) is 7. The van der Waals surface area contributed by atoms with Crippen molar-refractivity contribution in [2.75, 3.05) is 7.11 Å². The smallest absolute Gasteiger partial charge is 0.306 e. The molecule has 0 unspecified atom stereocenters. The third-order valence-corrected chi connectivity index (χ3v) is 5.50. The highest BCUT2D eigenvalue weighted by molar-refractivity contribution is 7.13. The van der Waals surface area contributed by atoms with E-state index in [0.29, 0.717) is 11.4 Å². The molecule has 0 aliphatic rings. The topological polar surface area (TPSA) is 74.5 Å². The summed E-state index contributed by atoms with van der Waals surface area (Å²) >= 11 is 1.43. The lowest BCUT2D eigenvalue weighted by atomic mass is 10.1. The molecular formula is C23H18F2N2O4S. The lowest BCUT2D eigenvalue weighted by Crippen LogP contribution is -2.06. The molecule has 2 aromatic carbocycles. The zero-order chi connectivity index (χ0) is 22.5. The lowest BCUT2D eigenvalue weighted by molar-refractivity contribution is -0.145. The summed E-state index contributed by atoms with van der Waals surface area (Å²) in [6.45, 7) is 0.0295. The number of nitrogens with zero attached hydrogens (tertiary/aromatic N) is 2. The van der Waals surface area contributed by atoms with E-state index in [1.165, 1.54) is 23.6 Å². The van der Waals surface area contributed by atoms with Crippen molar-refractivity contribution in [3.8, 4) is 27.6 Å². The SMILES string of the molecule is COc1ccccc1-c1nc(COC(=O)CCc2ncc(-c3c(F)cccc3F)o2)cs1. The van der Waals surface area contributed by atoms with E-state index in [4.69, 9.17) is 13.9 Å². The molecule has 0 saturated carbocycles.